The Labute approximate surface area is 146 Å². The lowest BCUT2D eigenvalue weighted by Crippen LogP contribution is -2.35. The molecule has 0 rings (SSSR count). The van der Waals surface area contributed by atoms with Crippen LogP contribution < -0.4 is 0 Å². The maximum atomic E-state index is 11.0. The lowest BCUT2D eigenvalue weighted by atomic mass is 10.0. The zero-order valence-electron chi connectivity index (χ0n) is 15.3. The average molecular weight is 344 g/mol. The maximum Gasteiger partial charge on any atom is 0.330 e. The smallest absolute Gasteiger partial charge is 0.330 e. The topological polar surface area (TPSA) is 87.0 Å². The Morgan fingerprint density at radius 2 is 1.38 bits per heavy atom. The van der Waals surface area contributed by atoms with Gasteiger partial charge in [0.15, 0.2) is 0 Å². The minimum Gasteiger partial charge on any atom is -0.460 e. The van der Waals surface area contributed by atoms with Crippen molar-refractivity contribution in [3.8, 4) is 0 Å². The van der Waals surface area contributed by atoms with Gasteiger partial charge in [0.05, 0.1) is 18.3 Å². The van der Waals surface area contributed by atoms with Gasteiger partial charge in [-0.2, -0.15) is 0 Å². The fourth-order valence-electron chi connectivity index (χ4n) is 2.64. The molecule has 0 fully saturated rings. The second kappa shape index (κ2) is 14.4. The second-order valence-corrected chi connectivity index (χ2v) is 6.66. The number of ether oxygens (including phenoxy) is 1. The molecule has 5 heteroatoms. The van der Waals surface area contributed by atoms with E-state index in [4.69, 9.17) is 4.74 Å². The van der Waals surface area contributed by atoms with Crippen LogP contribution in [0.25, 0.3) is 0 Å². The number of hydrogen-bond donors (Lipinski definition) is 3. The Bertz CT molecular complexity index is 330. The standard InChI is InChI=1S/C19H36O5/c1-4-18(22)24-15(2)13-11-9-7-5-6-8-10-12-14-17(21)19(23)16(3)20/h4,15-17,19-21,23H,1,5-14H2,2-3H3/t15-,16+,17+,19+/m0/s1. The molecule has 0 aliphatic heterocycles. The molecule has 0 saturated carbocycles. The van der Waals surface area contributed by atoms with Crippen molar-refractivity contribution < 1.29 is 24.9 Å². The zero-order valence-corrected chi connectivity index (χ0v) is 15.3. The van der Waals surface area contributed by atoms with E-state index in [9.17, 15) is 20.1 Å². The van der Waals surface area contributed by atoms with Gasteiger partial charge in [-0.25, -0.2) is 4.79 Å². The van der Waals surface area contributed by atoms with Gasteiger partial charge in [-0.05, 0) is 33.1 Å². The molecular formula is C19H36O5. The predicted molar refractivity (Wildman–Crippen MR) is 95.6 cm³/mol. The van der Waals surface area contributed by atoms with E-state index < -0.39 is 18.3 Å². The first-order valence-electron chi connectivity index (χ1n) is 9.25. The van der Waals surface area contributed by atoms with Crippen molar-refractivity contribution in [2.24, 2.45) is 0 Å². The normalized spacial score (nSPS) is 16.2. The Morgan fingerprint density at radius 3 is 1.83 bits per heavy atom. The average Bonchev–Trinajstić information content (AvgIpc) is 2.55. The molecular weight excluding hydrogens is 308 g/mol. The van der Waals surface area contributed by atoms with Crippen LogP contribution in [-0.4, -0.2) is 45.7 Å². The van der Waals surface area contributed by atoms with E-state index in [-0.39, 0.29) is 12.1 Å². The van der Waals surface area contributed by atoms with Gasteiger partial charge in [-0.15, -0.1) is 0 Å². The Hall–Kier alpha value is -0.910. The zero-order chi connectivity index (χ0) is 18.4. The molecule has 0 aliphatic rings. The fourth-order valence-corrected chi connectivity index (χ4v) is 2.64. The van der Waals surface area contributed by atoms with Gasteiger partial charge in [0.25, 0.3) is 0 Å². The first-order chi connectivity index (χ1) is 11.4. The highest BCUT2D eigenvalue weighted by molar-refractivity contribution is 5.81. The van der Waals surface area contributed by atoms with Gasteiger partial charge in [0, 0.05) is 6.08 Å². The largest absolute Gasteiger partial charge is 0.460 e. The molecule has 0 saturated heterocycles. The van der Waals surface area contributed by atoms with Gasteiger partial charge in [-0.1, -0.05) is 51.5 Å². The van der Waals surface area contributed by atoms with E-state index in [1.807, 2.05) is 6.92 Å². The second-order valence-electron chi connectivity index (χ2n) is 6.66. The summed E-state index contributed by atoms with van der Waals surface area (Å²) in [6, 6.07) is 0. The minimum atomic E-state index is -1.04. The number of unbranched alkanes of at least 4 members (excludes halogenated alkanes) is 7. The van der Waals surface area contributed by atoms with Gasteiger partial charge < -0.3 is 20.1 Å². The summed E-state index contributed by atoms with van der Waals surface area (Å²) < 4.78 is 5.11. The highest BCUT2D eigenvalue weighted by Gasteiger charge is 2.20. The Morgan fingerprint density at radius 1 is 0.917 bits per heavy atom. The summed E-state index contributed by atoms with van der Waals surface area (Å²) in [6.45, 7) is 6.77. The van der Waals surface area contributed by atoms with Crippen LogP contribution >= 0.6 is 0 Å². The number of aliphatic hydroxyl groups is 3. The minimum absolute atomic E-state index is 0.0427. The lowest BCUT2D eigenvalue weighted by molar-refractivity contribution is -0.142. The van der Waals surface area contributed by atoms with E-state index in [1.54, 1.807) is 0 Å². The van der Waals surface area contributed by atoms with Crippen molar-refractivity contribution in [1.29, 1.82) is 0 Å². The first kappa shape index (κ1) is 23.1. The summed E-state index contributed by atoms with van der Waals surface area (Å²) in [5.74, 6) is -0.353. The van der Waals surface area contributed by atoms with Crippen LogP contribution in [0.2, 0.25) is 0 Å². The molecule has 0 aromatic carbocycles. The van der Waals surface area contributed by atoms with Crippen molar-refractivity contribution >= 4 is 5.97 Å². The first-order valence-corrected chi connectivity index (χ1v) is 9.25. The lowest BCUT2D eigenvalue weighted by Gasteiger charge is -2.19. The SMILES string of the molecule is C=CC(=O)O[C@@H](C)CCCCCCCCCC[C@@H](O)[C@H](O)[C@@H](C)O. The van der Waals surface area contributed by atoms with Crippen LogP contribution in [0.15, 0.2) is 12.7 Å². The van der Waals surface area contributed by atoms with E-state index >= 15 is 0 Å². The van der Waals surface area contributed by atoms with Crippen LogP contribution in [-0.2, 0) is 9.53 Å². The van der Waals surface area contributed by atoms with Gasteiger partial charge in [0.2, 0.25) is 0 Å². The van der Waals surface area contributed by atoms with Crippen LogP contribution in [0.5, 0.6) is 0 Å². The number of carbonyl (C=O) groups excluding carboxylic acids is 1. The monoisotopic (exact) mass is 344 g/mol. The third kappa shape index (κ3) is 12.5. The van der Waals surface area contributed by atoms with Gasteiger partial charge in [-0.3, -0.25) is 0 Å². The number of carbonyl (C=O) groups is 1. The molecule has 0 aliphatic carbocycles. The van der Waals surface area contributed by atoms with Gasteiger partial charge in [0.1, 0.15) is 6.10 Å². The molecule has 0 unspecified atom stereocenters. The van der Waals surface area contributed by atoms with Crippen LogP contribution in [0, 0.1) is 0 Å². The van der Waals surface area contributed by atoms with Gasteiger partial charge >= 0.3 is 5.97 Å². The van der Waals surface area contributed by atoms with E-state index in [2.05, 4.69) is 6.58 Å². The van der Waals surface area contributed by atoms with Crippen molar-refractivity contribution in [3.05, 3.63) is 12.7 Å². The van der Waals surface area contributed by atoms with E-state index in [0.717, 1.165) is 38.5 Å². The number of aliphatic hydroxyl groups excluding tert-OH is 3. The number of hydrogen-bond acceptors (Lipinski definition) is 5. The van der Waals surface area contributed by atoms with E-state index in [1.165, 1.54) is 32.3 Å². The number of rotatable bonds is 15. The summed E-state index contributed by atoms with van der Waals surface area (Å²) in [7, 11) is 0. The summed E-state index contributed by atoms with van der Waals surface area (Å²) in [5.41, 5.74) is 0. The Kier molecular flexibility index (Phi) is 13.9. The molecule has 0 aromatic rings. The number of esters is 1. The third-order valence-corrected chi connectivity index (χ3v) is 4.23. The molecule has 4 atom stereocenters. The van der Waals surface area contributed by atoms with Crippen LogP contribution in [0.4, 0.5) is 0 Å². The molecule has 0 bridgehead atoms. The van der Waals surface area contributed by atoms with E-state index in [0.29, 0.717) is 6.42 Å². The third-order valence-electron chi connectivity index (χ3n) is 4.23. The molecule has 0 aromatic heterocycles. The van der Waals surface area contributed by atoms with Crippen LogP contribution in [0.3, 0.4) is 0 Å². The molecule has 3 N–H and O–H groups in total. The van der Waals surface area contributed by atoms with Crippen molar-refractivity contribution in [2.75, 3.05) is 0 Å². The van der Waals surface area contributed by atoms with Crippen molar-refractivity contribution in [1.82, 2.24) is 0 Å². The quantitative estimate of drug-likeness (QED) is 0.241. The summed E-state index contributed by atoms with van der Waals surface area (Å²) in [6.07, 6.45) is 8.63. The highest BCUT2D eigenvalue weighted by Crippen LogP contribution is 2.14. The van der Waals surface area contributed by atoms with Crippen molar-refractivity contribution in [3.63, 3.8) is 0 Å². The Balaban J connectivity index is 3.37. The molecule has 5 nitrogen and oxygen atoms in total. The molecule has 142 valence electrons. The summed E-state index contributed by atoms with van der Waals surface area (Å²) in [4.78, 5) is 11.0. The van der Waals surface area contributed by atoms with Crippen LogP contribution in [0.1, 0.15) is 78.1 Å². The molecule has 24 heavy (non-hydrogen) atoms. The summed E-state index contributed by atoms with van der Waals surface area (Å²) >= 11 is 0. The van der Waals surface area contributed by atoms with Crippen molar-refractivity contribution in [2.45, 2.75) is 102 Å². The fraction of sp³-hybridized carbons (Fsp3) is 0.842. The molecule has 0 heterocycles. The maximum absolute atomic E-state index is 11.0. The molecule has 0 radical (unpaired) electrons. The molecule has 0 amide bonds. The predicted octanol–water partition coefficient (Wildman–Crippen LogP) is 3.11. The summed E-state index contributed by atoms with van der Waals surface area (Å²) in [5, 5.41) is 28.3. The molecule has 0 spiro atoms. The highest BCUT2D eigenvalue weighted by atomic mass is 16.5.